The molecule has 0 atom stereocenters. The molecule has 0 spiro atoms. The second kappa shape index (κ2) is 5.56. The molecule has 1 heterocycles. The van der Waals surface area contributed by atoms with Crippen LogP contribution in [0.25, 0.3) is 11.3 Å². The summed E-state index contributed by atoms with van der Waals surface area (Å²) in [5.74, 6) is 0.463. The number of aryl methyl sites for hydroxylation is 1. The fraction of sp³-hybridized carbons (Fsp3) is 0.286. The van der Waals surface area contributed by atoms with E-state index in [1.165, 1.54) is 0 Å². The highest BCUT2D eigenvalue weighted by Crippen LogP contribution is 2.29. The molecule has 0 amide bonds. The number of carbonyl (C=O) groups excluding carboxylic acids is 1. The molecule has 1 aromatic carbocycles. The summed E-state index contributed by atoms with van der Waals surface area (Å²) >= 11 is 0. The number of imidazole rings is 1. The molecule has 0 aliphatic carbocycles. The summed E-state index contributed by atoms with van der Waals surface area (Å²) in [6, 6.07) is 5.82. The first-order valence-corrected chi connectivity index (χ1v) is 6.02. The lowest BCUT2D eigenvalue weighted by molar-refractivity contribution is 0.0513. The fourth-order valence-corrected chi connectivity index (χ4v) is 1.79. The average Bonchev–Trinajstić information content (AvgIpc) is 2.88. The van der Waals surface area contributed by atoms with Gasteiger partial charge in [-0.2, -0.15) is 0 Å². The van der Waals surface area contributed by atoms with E-state index in [2.05, 4.69) is 9.97 Å². The minimum atomic E-state index is -0.458. The molecule has 2 aromatic rings. The fourth-order valence-electron chi connectivity index (χ4n) is 1.79. The zero-order valence-electron chi connectivity index (χ0n) is 11.2. The van der Waals surface area contributed by atoms with E-state index in [-0.39, 0.29) is 5.82 Å². The van der Waals surface area contributed by atoms with Crippen molar-refractivity contribution in [2.24, 2.45) is 0 Å². The number of nitrogens with zero attached hydrogens (tertiary/aromatic N) is 1. The van der Waals surface area contributed by atoms with Gasteiger partial charge in [0.25, 0.3) is 0 Å². The predicted octanol–water partition coefficient (Wildman–Crippen LogP) is 2.57. The van der Waals surface area contributed by atoms with Gasteiger partial charge in [-0.05, 0) is 26.0 Å². The van der Waals surface area contributed by atoms with E-state index in [9.17, 15) is 4.79 Å². The van der Waals surface area contributed by atoms with Crippen molar-refractivity contribution in [1.29, 1.82) is 0 Å². The van der Waals surface area contributed by atoms with Crippen LogP contribution in [-0.4, -0.2) is 29.7 Å². The van der Waals surface area contributed by atoms with E-state index in [1.54, 1.807) is 20.2 Å². The molecule has 5 nitrogen and oxygen atoms in total. The Kier molecular flexibility index (Phi) is 3.85. The van der Waals surface area contributed by atoms with Crippen LogP contribution in [0, 0.1) is 6.92 Å². The van der Waals surface area contributed by atoms with Crippen LogP contribution in [-0.2, 0) is 4.74 Å². The van der Waals surface area contributed by atoms with Gasteiger partial charge in [-0.3, -0.25) is 0 Å². The van der Waals surface area contributed by atoms with Gasteiger partial charge in [-0.15, -0.1) is 0 Å². The first kappa shape index (κ1) is 13.1. The molecule has 0 saturated carbocycles. The first-order valence-electron chi connectivity index (χ1n) is 6.02. The van der Waals surface area contributed by atoms with Crippen LogP contribution >= 0.6 is 0 Å². The van der Waals surface area contributed by atoms with E-state index >= 15 is 0 Å². The highest BCUT2D eigenvalue weighted by molar-refractivity contribution is 5.86. The van der Waals surface area contributed by atoms with Gasteiger partial charge in [0, 0.05) is 5.56 Å². The Morgan fingerprint density at radius 3 is 2.89 bits per heavy atom. The third kappa shape index (κ3) is 2.76. The van der Waals surface area contributed by atoms with Crippen molar-refractivity contribution in [2.45, 2.75) is 13.8 Å². The first-order chi connectivity index (χ1) is 9.15. The van der Waals surface area contributed by atoms with Gasteiger partial charge in [-0.1, -0.05) is 11.6 Å². The summed E-state index contributed by atoms with van der Waals surface area (Å²) in [4.78, 5) is 18.5. The van der Waals surface area contributed by atoms with Gasteiger partial charge in [-0.25, -0.2) is 9.78 Å². The van der Waals surface area contributed by atoms with E-state index in [0.717, 1.165) is 22.6 Å². The number of hydrogen-bond acceptors (Lipinski definition) is 4. The van der Waals surface area contributed by atoms with Crippen molar-refractivity contribution in [3.63, 3.8) is 0 Å². The van der Waals surface area contributed by atoms with Gasteiger partial charge >= 0.3 is 5.97 Å². The molecule has 2 rings (SSSR count). The van der Waals surface area contributed by atoms with Crippen molar-refractivity contribution < 1.29 is 14.3 Å². The second-order valence-electron chi connectivity index (χ2n) is 4.07. The standard InChI is InChI=1S/C14H16N2O3/c1-4-19-14(17)13-15-8-11(16-13)10-7-9(2)5-6-12(10)18-3/h5-8H,4H2,1-3H3,(H,15,16). The molecule has 0 bridgehead atoms. The van der Waals surface area contributed by atoms with E-state index < -0.39 is 5.97 Å². The molecule has 0 unspecified atom stereocenters. The summed E-state index contributed by atoms with van der Waals surface area (Å²) in [5.41, 5.74) is 2.69. The molecule has 100 valence electrons. The molecule has 0 fully saturated rings. The van der Waals surface area contributed by atoms with Crippen LogP contribution in [0.15, 0.2) is 24.4 Å². The lowest BCUT2D eigenvalue weighted by Gasteiger charge is -2.07. The Balaban J connectivity index is 2.37. The lowest BCUT2D eigenvalue weighted by atomic mass is 10.1. The van der Waals surface area contributed by atoms with Crippen molar-refractivity contribution in [3.05, 3.63) is 35.8 Å². The summed E-state index contributed by atoms with van der Waals surface area (Å²) in [5, 5.41) is 0. The van der Waals surface area contributed by atoms with E-state index in [4.69, 9.17) is 9.47 Å². The Bertz CT molecular complexity index is 590. The molecule has 19 heavy (non-hydrogen) atoms. The molecule has 0 aliphatic rings. The van der Waals surface area contributed by atoms with Crippen molar-refractivity contribution >= 4 is 5.97 Å². The number of aromatic nitrogens is 2. The minimum absolute atomic E-state index is 0.195. The largest absolute Gasteiger partial charge is 0.496 e. The predicted molar refractivity (Wildman–Crippen MR) is 71.3 cm³/mol. The minimum Gasteiger partial charge on any atom is -0.496 e. The number of rotatable bonds is 4. The van der Waals surface area contributed by atoms with E-state index in [1.807, 2.05) is 25.1 Å². The normalized spacial score (nSPS) is 10.3. The van der Waals surface area contributed by atoms with Gasteiger partial charge in [0.2, 0.25) is 5.82 Å². The summed E-state index contributed by atoms with van der Waals surface area (Å²) < 4.78 is 10.2. The van der Waals surface area contributed by atoms with Crippen molar-refractivity contribution in [2.75, 3.05) is 13.7 Å². The van der Waals surface area contributed by atoms with Gasteiger partial charge in [0.15, 0.2) is 0 Å². The molecule has 0 saturated heterocycles. The monoisotopic (exact) mass is 260 g/mol. The van der Waals surface area contributed by atoms with Crippen LogP contribution in [0.4, 0.5) is 0 Å². The summed E-state index contributed by atoms with van der Waals surface area (Å²) in [6.07, 6.45) is 1.60. The van der Waals surface area contributed by atoms with Gasteiger partial charge in [0.05, 0.1) is 25.6 Å². The third-order valence-corrected chi connectivity index (χ3v) is 2.69. The van der Waals surface area contributed by atoms with Crippen molar-refractivity contribution in [3.8, 4) is 17.0 Å². The molecule has 0 aliphatic heterocycles. The maximum Gasteiger partial charge on any atom is 0.374 e. The van der Waals surface area contributed by atoms with Gasteiger partial charge in [0.1, 0.15) is 5.75 Å². The lowest BCUT2D eigenvalue weighted by Crippen LogP contribution is -2.06. The Morgan fingerprint density at radius 1 is 1.42 bits per heavy atom. The number of H-pyrrole nitrogens is 1. The Labute approximate surface area is 111 Å². The molecule has 0 radical (unpaired) electrons. The maximum atomic E-state index is 11.6. The quantitative estimate of drug-likeness (QED) is 0.858. The molecule has 1 aromatic heterocycles. The average molecular weight is 260 g/mol. The highest BCUT2D eigenvalue weighted by Gasteiger charge is 2.14. The maximum absolute atomic E-state index is 11.6. The molecule has 5 heteroatoms. The number of methoxy groups -OCH3 is 1. The zero-order chi connectivity index (χ0) is 13.8. The number of carbonyl (C=O) groups is 1. The number of benzene rings is 1. The Hall–Kier alpha value is -2.30. The number of esters is 1. The smallest absolute Gasteiger partial charge is 0.374 e. The number of hydrogen-bond donors (Lipinski definition) is 1. The third-order valence-electron chi connectivity index (χ3n) is 2.69. The zero-order valence-corrected chi connectivity index (χ0v) is 11.2. The molecule has 1 N–H and O–H groups in total. The number of nitrogens with one attached hydrogen (secondary N) is 1. The van der Waals surface area contributed by atoms with Crippen LogP contribution in [0.5, 0.6) is 5.75 Å². The summed E-state index contributed by atoms with van der Waals surface area (Å²) in [6.45, 7) is 4.07. The SMILES string of the molecule is CCOC(=O)c1ncc(-c2cc(C)ccc2OC)[nH]1. The van der Waals surface area contributed by atoms with Crippen LogP contribution in [0.1, 0.15) is 23.1 Å². The Morgan fingerprint density at radius 2 is 2.21 bits per heavy atom. The number of ether oxygens (including phenoxy) is 2. The van der Waals surface area contributed by atoms with Crippen LogP contribution < -0.4 is 4.74 Å². The topological polar surface area (TPSA) is 64.2 Å². The van der Waals surface area contributed by atoms with Gasteiger partial charge < -0.3 is 14.5 Å². The van der Waals surface area contributed by atoms with E-state index in [0.29, 0.717) is 6.61 Å². The van der Waals surface area contributed by atoms with Crippen LogP contribution in [0.3, 0.4) is 0 Å². The van der Waals surface area contributed by atoms with Crippen molar-refractivity contribution in [1.82, 2.24) is 9.97 Å². The number of aromatic amines is 1. The molecular weight excluding hydrogens is 244 g/mol. The molecular formula is C14H16N2O3. The van der Waals surface area contributed by atoms with Crippen LogP contribution in [0.2, 0.25) is 0 Å². The highest BCUT2D eigenvalue weighted by atomic mass is 16.5. The summed E-state index contributed by atoms with van der Waals surface area (Å²) in [7, 11) is 1.61. The second-order valence-corrected chi connectivity index (χ2v) is 4.07.